The molecule has 1 amide bonds. The number of hydrogen-bond donors (Lipinski definition) is 0. The molecule has 29 heavy (non-hydrogen) atoms. The summed E-state index contributed by atoms with van der Waals surface area (Å²) in [6, 6.07) is 5.90. The molecule has 0 N–H and O–H groups in total. The van der Waals surface area contributed by atoms with Gasteiger partial charge in [-0.3, -0.25) is 0 Å². The highest BCUT2D eigenvalue weighted by molar-refractivity contribution is 6.32. The van der Waals surface area contributed by atoms with Gasteiger partial charge in [0.15, 0.2) is 0 Å². The highest BCUT2D eigenvalue weighted by Crippen LogP contribution is 2.34. The predicted octanol–water partition coefficient (Wildman–Crippen LogP) is 3.03. The van der Waals surface area contributed by atoms with Gasteiger partial charge < -0.3 is 19.3 Å². The van der Waals surface area contributed by atoms with Crippen molar-refractivity contribution in [2.75, 3.05) is 39.9 Å². The van der Waals surface area contributed by atoms with Gasteiger partial charge in [-0.2, -0.15) is 9.78 Å². The van der Waals surface area contributed by atoms with E-state index in [0.717, 1.165) is 68.0 Å². The number of benzene rings is 1. The fraction of sp³-hybridized carbons (Fsp3) is 0.524. The number of rotatable bonds is 2. The van der Waals surface area contributed by atoms with E-state index in [1.165, 1.54) is 0 Å². The van der Waals surface area contributed by atoms with Crippen LogP contribution in [0.15, 0.2) is 18.2 Å². The molecule has 0 saturated carbocycles. The van der Waals surface area contributed by atoms with Crippen molar-refractivity contribution in [1.29, 1.82) is 0 Å². The van der Waals surface area contributed by atoms with Gasteiger partial charge in [0.1, 0.15) is 5.75 Å². The smallest absolute Gasteiger partial charge is 0.345 e. The van der Waals surface area contributed by atoms with E-state index in [1.807, 2.05) is 23.1 Å². The molecule has 3 fully saturated rings. The standard InChI is InChI=1S/C21H25ClN4O3/c1-28-19-3-2-14(12-17(19)22)20-16-6-11-29-13-18(16)26(23-20)21(27)25-10-9-24-7-4-15(25)5-8-24/h2-3,12,15H,4-11,13H2,1H3. The van der Waals surface area contributed by atoms with Crippen molar-refractivity contribution in [1.82, 2.24) is 19.6 Å². The van der Waals surface area contributed by atoms with Crippen LogP contribution in [0.25, 0.3) is 11.3 Å². The van der Waals surface area contributed by atoms with Gasteiger partial charge in [-0.1, -0.05) is 11.6 Å². The summed E-state index contributed by atoms with van der Waals surface area (Å²) in [7, 11) is 1.60. The maximum absolute atomic E-state index is 13.5. The van der Waals surface area contributed by atoms with Crippen molar-refractivity contribution in [3.05, 3.63) is 34.5 Å². The van der Waals surface area contributed by atoms with E-state index in [2.05, 4.69) is 4.90 Å². The molecule has 154 valence electrons. The van der Waals surface area contributed by atoms with Crippen molar-refractivity contribution in [3.8, 4) is 17.0 Å². The Hall–Kier alpha value is -2.09. The van der Waals surface area contributed by atoms with Gasteiger partial charge in [0.25, 0.3) is 0 Å². The van der Waals surface area contributed by atoms with E-state index in [1.54, 1.807) is 11.8 Å². The van der Waals surface area contributed by atoms with Crippen LogP contribution in [0.1, 0.15) is 24.1 Å². The second-order valence-corrected chi connectivity index (χ2v) is 8.29. The highest BCUT2D eigenvalue weighted by Gasteiger charge is 2.35. The Morgan fingerprint density at radius 3 is 2.83 bits per heavy atom. The normalized spacial score (nSPS) is 23.6. The zero-order valence-corrected chi connectivity index (χ0v) is 17.3. The van der Waals surface area contributed by atoms with Crippen LogP contribution >= 0.6 is 11.6 Å². The Labute approximate surface area is 175 Å². The number of carbonyl (C=O) groups is 1. The topological polar surface area (TPSA) is 59.8 Å². The minimum absolute atomic E-state index is 0.0358. The number of hydrogen-bond acceptors (Lipinski definition) is 5. The Morgan fingerprint density at radius 1 is 1.24 bits per heavy atom. The number of piperidine rings is 1. The number of carbonyl (C=O) groups excluding carboxylic acids is 1. The molecule has 4 aliphatic heterocycles. The molecular formula is C21H25ClN4O3. The largest absolute Gasteiger partial charge is 0.495 e. The Bertz CT molecular complexity index is 936. The van der Waals surface area contributed by atoms with Crippen LogP contribution in [0.5, 0.6) is 5.75 Å². The summed E-state index contributed by atoms with van der Waals surface area (Å²) < 4.78 is 12.5. The third kappa shape index (κ3) is 3.31. The van der Waals surface area contributed by atoms with Crippen LogP contribution in [-0.2, 0) is 17.8 Å². The van der Waals surface area contributed by atoms with Gasteiger partial charge in [0, 0.05) is 43.3 Å². The zero-order valence-electron chi connectivity index (χ0n) is 16.6. The molecule has 8 heteroatoms. The summed E-state index contributed by atoms with van der Waals surface area (Å²) in [6.07, 6.45) is 2.80. The molecule has 1 aromatic heterocycles. The first-order valence-corrected chi connectivity index (χ1v) is 10.6. The monoisotopic (exact) mass is 416 g/mol. The quantitative estimate of drug-likeness (QED) is 0.753. The van der Waals surface area contributed by atoms with E-state index < -0.39 is 0 Å². The third-order valence-electron chi connectivity index (χ3n) is 6.33. The second-order valence-electron chi connectivity index (χ2n) is 7.89. The SMILES string of the molecule is COc1ccc(-c2nn(C(=O)N3CCN4CCC3CC4)c3c2CCOC3)cc1Cl. The van der Waals surface area contributed by atoms with E-state index in [9.17, 15) is 4.79 Å². The van der Waals surface area contributed by atoms with Crippen molar-refractivity contribution in [3.63, 3.8) is 0 Å². The van der Waals surface area contributed by atoms with Crippen molar-refractivity contribution in [2.45, 2.75) is 31.9 Å². The van der Waals surface area contributed by atoms with Gasteiger partial charge in [0.2, 0.25) is 0 Å². The molecule has 0 spiro atoms. The molecule has 0 unspecified atom stereocenters. The lowest BCUT2D eigenvalue weighted by molar-refractivity contribution is 0.103. The second kappa shape index (κ2) is 7.63. The van der Waals surface area contributed by atoms with E-state index in [4.69, 9.17) is 26.2 Å². The summed E-state index contributed by atoms with van der Waals surface area (Å²) in [6.45, 7) is 4.87. The summed E-state index contributed by atoms with van der Waals surface area (Å²) in [5.74, 6) is 0.624. The van der Waals surface area contributed by atoms with E-state index in [-0.39, 0.29) is 6.03 Å². The van der Waals surface area contributed by atoms with Gasteiger partial charge >= 0.3 is 6.03 Å². The molecule has 2 bridgehead atoms. The highest BCUT2D eigenvalue weighted by atomic mass is 35.5. The molecule has 0 aliphatic carbocycles. The number of nitrogens with zero attached hydrogens (tertiary/aromatic N) is 4. The van der Waals surface area contributed by atoms with Crippen LogP contribution in [0, 0.1) is 0 Å². The molecular weight excluding hydrogens is 392 g/mol. The van der Waals surface area contributed by atoms with Crippen LogP contribution in [0.2, 0.25) is 5.02 Å². The van der Waals surface area contributed by atoms with Crippen molar-refractivity contribution in [2.24, 2.45) is 0 Å². The number of fused-ring (bicyclic) bond motifs is 5. The van der Waals surface area contributed by atoms with Gasteiger partial charge in [-0.05, 0) is 37.5 Å². The first-order valence-electron chi connectivity index (χ1n) is 10.2. The number of amides is 1. The van der Waals surface area contributed by atoms with Crippen molar-refractivity contribution >= 4 is 17.6 Å². The molecule has 0 radical (unpaired) electrons. The molecule has 7 nitrogen and oxygen atoms in total. The fourth-order valence-corrected chi connectivity index (χ4v) is 4.96. The summed E-state index contributed by atoms with van der Waals surface area (Å²) in [4.78, 5) is 18.0. The maximum Gasteiger partial charge on any atom is 0.345 e. The average Bonchev–Trinajstić information content (AvgIpc) is 2.88. The van der Waals surface area contributed by atoms with Crippen LogP contribution in [0.4, 0.5) is 4.79 Å². The number of ether oxygens (including phenoxy) is 2. The van der Waals surface area contributed by atoms with Crippen LogP contribution < -0.4 is 4.74 Å². The first kappa shape index (κ1) is 18.9. The maximum atomic E-state index is 13.5. The Kier molecular flexibility index (Phi) is 4.97. The number of aromatic nitrogens is 2. The Balaban J connectivity index is 1.54. The summed E-state index contributed by atoms with van der Waals surface area (Å²) in [5.41, 5.74) is 3.64. The molecule has 6 rings (SSSR count). The lowest BCUT2D eigenvalue weighted by Gasteiger charge is -2.31. The molecule has 4 aliphatic rings. The fourth-order valence-electron chi connectivity index (χ4n) is 4.70. The minimum Gasteiger partial charge on any atom is -0.495 e. The molecule has 3 saturated heterocycles. The number of methoxy groups -OCH3 is 1. The Morgan fingerprint density at radius 2 is 2.07 bits per heavy atom. The number of halogens is 1. The average molecular weight is 417 g/mol. The van der Waals surface area contributed by atoms with Gasteiger partial charge in [-0.25, -0.2) is 4.79 Å². The lowest BCUT2D eigenvalue weighted by Crippen LogP contribution is -2.44. The zero-order chi connectivity index (χ0) is 20.0. The molecule has 2 aromatic rings. The third-order valence-corrected chi connectivity index (χ3v) is 6.63. The molecule has 5 heterocycles. The minimum atomic E-state index is -0.0358. The van der Waals surface area contributed by atoms with E-state index >= 15 is 0 Å². The molecule has 1 aromatic carbocycles. The van der Waals surface area contributed by atoms with Crippen molar-refractivity contribution < 1.29 is 14.3 Å². The first-order chi connectivity index (χ1) is 14.2. The molecule has 0 atom stereocenters. The van der Waals surface area contributed by atoms with Crippen LogP contribution in [0.3, 0.4) is 0 Å². The van der Waals surface area contributed by atoms with Gasteiger partial charge in [0.05, 0.1) is 36.7 Å². The lowest BCUT2D eigenvalue weighted by atomic mass is 10.0. The van der Waals surface area contributed by atoms with Crippen LogP contribution in [-0.4, -0.2) is 71.5 Å². The summed E-state index contributed by atoms with van der Waals surface area (Å²) >= 11 is 6.35. The van der Waals surface area contributed by atoms with Gasteiger partial charge in [-0.15, -0.1) is 0 Å². The predicted molar refractivity (Wildman–Crippen MR) is 110 cm³/mol. The summed E-state index contributed by atoms with van der Waals surface area (Å²) in [5, 5.41) is 5.31. The van der Waals surface area contributed by atoms with E-state index in [0.29, 0.717) is 30.0 Å².